The molecule has 0 spiro atoms. The average Bonchev–Trinajstić information content (AvgIpc) is 2.91. The molecular weight excluding hydrogens is 256 g/mol. The third-order valence-electron chi connectivity index (χ3n) is 4.70. The average molecular weight is 278 g/mol. The molecule has 1 aromatic rings. The molecule has 0 unspecified atom stereocenters. The highest BCUT2D eigenvalue weighted by Gasteiger charge is 2.36. The van der Waals surface area contributed by atoms with Gasteiger partial charge in [-0.25, -0.2) is 0 Å². The van der Waals surface area contributed by atoms with E-state index in [0.29, 0.717) is 11.3 Å². The summed E-state index contributed by atoms with van der Waals surface area (Å²) in [5.41, 5.74) is 1.64. The van der Waals surface area contributed by atoms with Crippen LogP contribution in [0.1, 0.15) is 38.7 Å². The first kappa shape index (κ1) is 14.8. The number of hydrogen-bond donors (Lipinski definition) is 1. The number of nitro groups is 1. The van der Waals surface area contributed by atoms with Crippen LogP contribution in [0, 0.1) is 15.5 Å². The lowest BCUT2D eigenvalue weighted by atomic mass is 9.82. The number of anilines is 1. The standard InChI is InChI=1S/C15H22N2O3/c1-3-15(4-2)7-8-16(11-15)13-6-5-12(10-18)9-14(13)17(19)20/h5-6,9,18H,3-4,7-8,10-11H2,1-2H3. The van der Waals surface area contributed by atoms with Crippen molar-refractivity contribution in [1.29, 1.82) is 0 Å². The molecule has 1 saturated heterocycles. The van der Waals surface area contributed by atoms with Crippen molar-refractivity contribution in [2.45, 2.75) is 39.7 Å². The van der Waals surface area contributed by atoms with Crippen LogP contribution in [0.5, 0.6) is 0 Å². The molecule has 0 saturated carbocycles. The molecule has 0 amide bonds. The fourth-order valence-electron chi connectivity index (χ4n) is 3.05. The summed E-state index contributed by atoms with van der Waals surface area (Å²) in [6, 6.07) is 5.01. The third-order valence-corrected chi connectivity index (χ3v) is 4.70. The van der Waals surface area contributed by atoms with Crippen LogP contribution >= 0.6 is 0 Å². The first-order valence-corrected chi connectivity index (χ1v) is 7.18. The van der Waals surface area contributed by atoms with Crippen molar-refractivity contribution >= 4 is 11.4 Å². The van der Waals surface area contributed by atoms with E-state index in [9.17, 15) is 10.1 Å². The maximum Gasteiger partial charge on any atom is 0.292 e. The zero-order chi connectivity index (χ0) is 14.8. The topological polar surface area (TPSA) is 66.6 Å². The van der Waals surface area contributed by atoms with E-state index in [1.165, 1.54) is 6.07 Å². The Kier molecular flexibility index (Phi) is 4.28. The van der Waals surface area contributed by atoms with E-state index in [4.69, 9.17) is 5.11 Å². The van der Waals surface area contributed by atoms with Crippen LogP contribution in [0.25, 0.3) is 0 Å². The Labute approximate surface area is 119 Å². The Bertz CT molecular complexity index is 498. The number of benzene rings is 1. The van der Waals surface area contributed by atoms with Gasteiger partial charge in [-0.1, -0.05) is 19.9 Å². The third kappa shape index (κ3) is 2.63. The fourth-order valence-corrected chi connectivity index (χ4v) is 3.05. The lowest BCUT2D eigenvalue weighted by Gasteiger charge is -2.27. The summed E-state index contributed by atoms with van der Waals surface area (Å²) in [7, 11) is 0. The van der Waals surface area contributed by atoms with Crippen LogP contribution in [0.2, 0.25) is 0 Å². The van der Waals surface area contributed by atoms with Crippen LogP contribution in [-0.4, -0.2) is 23.1 Å². The Morgan fingerprint density at radius 3 is 2.60 bits per heavy atom. The summed E-state index contributed by atoms with van der Waals surface area (Å²) in [6.45, 7) is 5.95. The van der Waals surface area contributed by atoms with Crippen molar-refractivity contribution in [2.75, 3.05) is 18.0 Å². The molecule has 20 heavy (non-hydrogen) atoms. The molecule has 0 bridgehead atoms. The quantitative estimate of drug-likeness (QED) is 0.664. The smallest absolute Gasteiger partial charge is 0.292 e. The normalized spacial score (nSPS) is 17.4. The summed E-state index contributed by atoms with van der Waals surface area (Å²) in [5.74, 6) is 0. The van der Waals surface area contributed by atoms with Crippen LogP contribution in [-0.2, 0) is 6.61 Å². The molecule has 1 N–H and O–H groups in total. The Morgan fingerprint density at radius 2 is 2.10 bits per heavy atom. The molecule has 1 aromatic carbocycles. The highest BCUT2D eigenvalue weighted by molar-refractivity contribution is 5.65. The summed E-state index contributed by atoms with van der Waals surface area (Å²) in [5, 5.41) is 20.4. The fraction of sp³-hybridized carbons (Fsp3) is 0.600. The van der Waals surface area contributed by atoms with Gasteiger partial charge < -0.3 is 10.0 Å². The molecular formula is C15H22N2O3. The predicted molar refractivity (Wildman–Crippen MR) is 78.9 cm³/mol. The number of nitrogens with zero attached hydrogens (tertiary/aromatic N) is 2. The van der Waals surface area contributed by atoms with Crippen LogP contribution < -0.4 is 4.90 Å². The summed E-state index contributed by atoms with van der Waals surface area (Å²) in [4.78, 5) is 13.0. The van der Waals surface area contributed by atoms with E-state index in [1.807, 2.05) is 0 Å². The van der Waals surface area contributed by atoms with Crippen LogP contribution in [0.4, 0.5) is 11.4 Å². The van der Waals surface area contributed by atoms with Gasteiger partial charge in [0, 0.05) is 19.2 Å². The van der Waals surface area contributed by atoms with Gasteiger partial charge in [-0.15, -0.1) is 0 Å². The van der Waals surface area contributed by atoms with Crippen molar-refractivity contribution in [2.24, 2.45) is 5.41 Å². The van der Waals surface area contributed by atoms with Gasteiger partial charge in [0.05, 0.1) is 11.5 Å². The molecule has 2 rings (SSSR count). The van der Waals surface area contributed by atoms with Gasteiger partial charge >= 0.3 is 0 Å². The number of aliphatic hydroxyl groups excluding tert-OH is 1. The molecule has 110 valence electrons. The minimum Gasteiger partial charge on any atom is -0.392 e. The van der Waals surface area contributed by atoms with E-state index < -0.39 is 0 Å². The van der Waals surface area contributed by atoms with Crippen molar-refractivity contribution in [3.05, 3.63) is 33.9 Å². The number of aliphatic hydroxyl groups is 1. The monoisotopic (exact) mass is 278 g/mol. The Balaban J connectivity index is 2.32. The second-order valence-corrected chi connectivity index (χ2v) is 5.62. The van der Waals surface area contributed by atoms with Crippen molar-refractivity contribution in [1.82, 2.24) is 0 Å². The van der Waals surface area contributed by atoms with Crippen molar-refractivity contribution < 1.29 is 10.0 Å². The summed E-state index contributed by atoms with van der Waals surface area (Å²) >= 11 is 0. The van der Waals surface area contributed by atoms with Gasteiger partial charge in [0.15, 0.2) is 0 Å². The van der Waals surface area contributed by atoms with Gasteiger partial charge in [0.25, 0.3) is 5.69 Å². The zero-order valence-corrected chi connectivity index (χ0v) is 12.1. The molecule has 0 radical (unpaired) electrons. The SMILES string of the molecule is CCC1(CC)CCN(c2ccc(CO)cc2[N+](=O)[O-])C1. The zero-order valence-electron chi connectivity index (χ0n) is 12.1. The first-order valence-electron chi connectivity index (χ1n) is 7.18. The highest BCUT2D eigenvalue weighted by Crippen LogP contribution is 2.41. The minimum atomic E-state index is -0.355. The van der Waals surface area contributed by atoms with E-state index in [1.54, 1.807) is 12.1 Å². The van der Waals surface area contributed by atoms with Gasteiger partial charge in [0.1, 0.15) is 5.69 Å². The lowest BCUT2D eigenvalue weighted by molar-refractivity contribution is -0.384. The summed E-state index contributed by atoms with van der Waals surface area (Å²) < 4.78 is 0. The molecule has 1 aliphatic heterocycles. The van der Waals surface area contributed by atoms with Gasteiger partial charge in [-0.2, -0.15) is 0 Å². The van der Waals surface area contributed by atoms with E-state index >= 15 is 0 Å². The maximum atomic E-state index is 11.2. The molecule has 1 heterocycles. The molecule has 5 nitrogen and oxygen atoms in total. The number of rotatable bonds is 5. The number of nitro benzene ring substituents is 1. The molecule has 1 aliphatic rings. The Morgan fingerprint density at radius 1 is 1.40 bits per heavy atom. The van der Waals surface area contributed by atoms with Gasteiger partial charge in [-0.3, -0.25) is 10.1 Å². The summed E-state index contributed by atoms with van der Waals surface area (Å²) in [6.07, 6.45) is 3.28. The van der Waals surface area contributed by atoms with Gasteiger partial charge in [0.2, 0.25) is 0 Å². The van der Waals surface area contributed by atoms with Crippen LogP contribution in [0.15, 0.2) is 18.2 Å². The van der Waals surface area contributed by atoms with E-state index in [0.717, 1.165) is 32.4 Å². The van der Waals surface area contributed by atoms with Gasteiger partial charge in [-0.05, 0) is 36.3 Å². The molecule has 0 aliphatic carbocycles. The predicted octanol–water partition coefficient (Wildman–Crippen LogP) is 3.10. The maximum absolute atomic E-state index is 11.2. The highest BCUT2D eigenvalue weighted by atomic mass is 16.6. The molecule has 0 atom stereocenters. The second-order valence-electron chi connectivity index (χ2n) is 5.62. The van der Waals surface area contributed by atoms with Crippen molar-refractivity contribution in [3.63, 3.8) is 0 Å². The Hall–Kier alpha value is -1.62. The molecule has 1 fully saturated rings. The number of hydrogen-bond acceptors (Lipinski definition) is 4. The molecule has 5 heteroatoms. The second kappa shape index (κ2) is 5.79. The molecule has 0 aromatic heterocycles. The van der Waals surface area contributed by atoms with E-state index in [-0.39, 0.29) is 22.6 Å². The minimum absolute atomic E-state index is 0.0968. The first-order chi connectivity index (χ1) is 9.55. The van der Waals surface area contributed by atoms with Crippen LogP contribution in [0.3, 0.4) is 0 Å². The van der Waals surface area contributed by atoms with Crippen molar-refractivity contribution in [3.8, 4) is 0 Å². The lowest BCUT2D eigenvalue weighted by Crippen LogP contribution is -2.26. The van der Waals surface area contributed by atoms with E-state index in [2.05, 4.69) is 18.7 Å². The largest absolute Gasteiger partial charge is 0.392 e.